The van der Waals surface area contributed by atoms with Crippen LogP contribution in [-0.2, 0) is 6.54 Å². The molecule has 1 heterocycles. The number of guanidine groups is 1. The van der Waals surface area contributed by atoms with Crippen molar-refractivity contribution in [3.63, 3.8) is 0 Å². The van der Waals surface area contributed by atoms with E-state index in [1.54, 1.807) is 13.2 Å². The van der Waals surface area contributed by atoms with Crippen molar-refractivity contribution < 1.29 is 9.47 Å². The highest BCUT2D eigenvalue weighted by atomic mass is 16.5. The van der Waals surface area contributed by atoms with E-state index in [9.17, 15) is 0 Å². The highest BCUT2D eigenvalue weighted by Gasteiger charge is 2.10. The van der Waals surface area contributed by atoms with Crippen molar-refractivity contribution in [3.05, 3.63) is 48.2 Å². The number of pyridine rings is 1. The van der Waals surface area contributed by atoms with Crippen molar-refractivity contribution in [2.75, 3.05) is 20.7 Å². The van der Waals surface area contributed by atoms with Gasteiger partial charge in [-0.05, 0) is 24.6 Å². The summed E-state index contributed by atoms with van der Waals surface area (Å²) >= 11 is 0. The fourth-order valence-corrected chi connectivity index (χ4v) is 2.08. The minimum atomic E-state index is 0.545. The molecule has 0 aliphatic heterocycles. The molecule has 6 heteroatoms. The summed E-state index contributed by atoms with van der Waals surface area (Å²) in [5.41, 5.74) is 0.930. The average molecular weight is 328 g/mol. The van der Waals surface area contributed by atoms with Crippen LogP contribution in [0.2, 0.25) is 0 Å². The first-order valence-corrected chi connectivity index (χ1v) is 8.00. The second kappa shape index (κ2) is 9.39. The number of aromatic nitrogens is 1. The Morgan fingerprint density at radius 3 is 2.67 bits per heavy atom. The summed E-state index contributed by atoms with van der Waals surface area (Å²) < 4.78 is 11.7. The van der Waals surface area contributed by atoms with Gasteiger partial charge >= 0.3 is 0 Å². The fraction of sp³-hybridized carbons (Fsp3) is 0.333. The molecule has 128 valence electrons. The van der Waals surface area contributed by atoms with Crippen LogP contribution in [0.1, 0.15) is 18.9 Å². The standard InChI is InChI=1S/C18H24N4O2/c1-4-12-23-15-9-5-6-10-16(15)24-17-14(8-7-11-21-17)13-22-18(19-2)20-3/h5-11H,4,12-13H2,1-3H3,(H2,19,20,22). The van der Waals surface area contributed by atoms with E-state index in [0.717, 1.165) is 17.7 Å². The normalized spacial score (nSPS) is 11.0. The Bertz CT molecular complexity index is 674. The lowest BCUT2D eigenvalue weighted by Gasteiger charge is -2.14. The number of para-hydroxylation sites is 2. The molecule has 0 saturated carbocycles. The topological polar surface area (TPSA) is 67.8 Å². The summed E-state index contributed by atoms with van der Waals surface area (Å²) in [4.78, 5) is 8.44. The SMILES string of the molecule is CCCOc1ccccc1Oc1ncccc1CNC(=NC)NC. The van der Waals surface area contributed by atoms with Gasteiger partial charge in [0.1, 0.15) is 0 Å². The van der Waals surface area contributed by atoms with Crippen molar-refractivity contribution in [2.24, 2.45) is 4.99 Å². The summed E-state index contributed by atoms with van der Waals surface area (Å²) in [6.45, 7) is 3.27. The van der Waals surface area contributed by atoms with E-state index >= 15 is 0 Å². The Morgan fingerprint density at radius 1 is 1.17 bits per heavy atom. The Morgan fingerprint density at radius 2 is 1.96 bits per heavy atom. The Hall–Kier alpha value is -2.76. The molecule has 6 nitrogen and oxygen atoms in total. The first-order valence-electron chi connectivity index (χ1n) is 8.00. The van der Waals surface area contributed by atoms with Gasteiger partial charge in [0.05, 0.1) is 6.61 Å². The molecule has 1 aromatic heterocycles. The predicted molar refractivity (Wildman–Crippen MR) is 95.8 cm³/mol. The number of nitrogens with zero attached hydrogens (tertiary/aromatic N) is 2. The van der Waals surface area contributed by atoms with Gasteiger partial charge in [0, 0.05) is 32.4 Å². The van der Waals surface area contributed by atoms with Gasteiger partial charge in [-0.15, -0.1) is 0 Å². The average Bonchev–Trinajstić information content (AvgIpc) is 2.63. The zero-order valence-corrected chi connectivity index (χ0v) is 14.4. The maximum atomic E-state index is 6.00. The van der Waals surface area contributed by atoms with E-state index in [4.69, 9.17) is 9.47 Å². The Kier molecular flexibility index (Phi) is 6.89. The molecule has 2 rings (SSSR count). The molecule has 1 aromatic carbocycles. The lowest BCUT2D eigenvalue weighted by Crippen LogP contribution is -2.34. The second-order valence-corrected chi connectivity index (χ2v) is 5.04. The van der Waals surface area contributed by atoms with Gasteiger partial charge in [-0.25, -0.2) is 4.98 Å². The quantitative estimate of drug-likeness (QED) is 0.604. The summed E-state index contributed by atoms with van der Waals surface area (Å²) in [7, 11) is 3.54. The molecule has 0 aliphatic rings. The van der Waals surface area contributed by atoms with E-state index in [1.807, 2.05) is 43.4 Å². The highest BCUT2D eigenvalue weighted by molar-refractivity contribution is 5.79. The minimum absolute atomic E-state index is 0.545. The number of aliphatic imine (C=N–C) groups is 1. The number of benzene rings is 1. The van der Waals surface area contributed by atoms with Gasteiger partial charge < -0.3 is 20.1 Å². The van der Waals surface area contributed by atoms with Crippen molar-refractivity contribution in [1.29, 1.82) is 0 Å². The first kappa shape index (κ1) is 17.6. The van der Waals surface area contributed by atoms with Crippen molar-refractivity contribution in [3.8, 4) is 17.4 Å². The number of nitrogens with one attached hydrogen (secondary N) is 2. The van der Waals surface area contributed by atoms with Crippen LogP contribution in [0, 0.1) is 0 Å². The molecule has 0 saturated heterocycles. The monoisotopic (exact) mass is 328 g/mol. The van der Waals surface area contributed by atoms with Gasteiger partial charge in [-0.3, -0.25) is 4.99 Å². The molecular weight excluding hydrogens is 304 g/mol. The van der Waals surface area contributed by atoms with E-state index < -0.39 is 0 Å². The van der Waals surface area contributed by atoms with Crippen molar-refractivity contribution >= 4 is 5.96 Å². The third-order valence-electron chi connectivity index (χ3n) is 3.27. The van der Waals surface area contributed by atoms with Gasteiger partial charge in [0.25, 0.3) is 0 Å². The molecule has 0 atom stereocenters. The van der Waals surface area contributed by atoms with Crippen molar-refractivity contribution in [1.82, 2.24) is 15.6 Å². The summed E-state index contributed by atoms with van der Waals surface area (Å²) in [5, 5.41) is 6.18. The van der Waals surface area contributed by atoms with Crippen LogP contribution in [-0.4, -0.2) is 31.6 Å². The van der Waals surface area contributed by atoms with E-state index in [-0.39, 0.29) is 0 Å². The molecule has 24 heavy (non-hydrogen) atoms. The second-order valence-electron chi connectivity index (χ2n) is 5.04. The van der Waals surface area contributed by atoms with Crippen LogP contribution in [0.3, 0.4) is 0 Å². The lowest BCUT2D eigenvalue weighted by atomic mass is 10.2. The van der Waals surface area contributed by atoms with Crippen LogP contribution < -0.4 is 20.1 Å². The zero-order chi connectivity index (χ0) is 17.2. The third-order valence-corrected chi connectivity index (χ3v) is 3.27. The molecule has 0 amide bonds. The first-order chi connectivity index (χ1) is 11.8. The summed E-state index contributed by atoms with van der Waals surface area (Å²) in [5.74, 6) is 2.62. The smallest absolute Gasteiger partial charge is 0.224 e. The van der Waals surface area contributed by atoms with Crippen LogP contribution >= 0.6 is 0 Å². The molecule has 0 unspecified atom stereocenters. The van der Waals surface area contributed by atoms with Gasteiger partial charge in [-0.1, -0.05) is 25.1 Å². The largest absolute Gasteiger partial charge is 0.490 e. The molecular formula is C18H24N4O2. The van der Waals surface area contributed by atoms with Crippen molar-refractivity contribution in [2.45, 2.75) is 19.9 Å². The minimum Gasteiger partial charge on any atom is -0.490 e. The van der Waals surface area contributed by atoms with E-state index in [0.29, 0.717) is 30.7 Å². The lowest BCUT2D eigenvalue weighted by molar-refractivity contribution is 0.300. The van der Waals surface area contributed by atoms with Gasteiger partial charge in [0.15, 0.2) is 17.5 Å². The Balaban J connectivity index is 2.16. The van der Waals surface area contributed by atoms with E-state index in [1.165, 1.54) is 0 Å². The molecule has 0 bridgehead atoms. The van der Waals surface area contributed by atoms with Crippen LogP contribution in [0.25, 0.3) is 0 Å². The highest BCUT2D eigenvalue weighted by Crippen LogP contribution is 2.31. The molecule has 2 N–H and O–H groups in total. The molecule has 0 radical (unpaired) electrons. The third kappa shape index (κ3) is 4.87. The maximum absolute atomic E-state index is 6.00. The summed E-state index contributed by atoms with van der Waals surface area (Å²) in [6.07, 6.45) is 2.65. The number of rotatable bonds is 7. The number of hydrogen-bond donors (Lipinski definition) is 2. The molecule has 0 aliphatic carbocycles. The summed E-state index contributed by atoms with van der Waals surface area (Å²) in [6, 6.07) is 11.5. The van der Waals surface area contributed by atoms with Crippen LogP contribution in [0.5, 0.6) is 17.4 Å². The predicted octanol–water partition coefficient (Wildman–Crippen LogP) is 2.96. The maximum Gasteiger partial charge on any atom is 0.224 e. The molecule has 2 aromatic rings. The fourth-order valence-electron chi connectivity index (χ4n) is 2.08. The number of hydrogen-bond acceptors (Lipinski definition) is 4. The number of ether oxygens (including phenoxy) is 2. The molecule has 0 spiro atoms. The van der Waals surface area contributed by atoms with Crippen LogP contribution in [0.15, 0.2) is 47.6 Å². The molecule has 0 fully saturated rings. The van der Waals surface area contributed by atoms with Gasteiger partial charge in [-0.2, -0.15) is 0 Å². The zero-order valence-electron chi connectivity index (χ0n) is 14.4. The Labute approximate surface area is 142 Å². The van der Waals surface area contributed by atoms with Crippen LogP contribution in [0.4, 0.5) is 0 Å². The van der Waals surface area contributed by atoms with E-state index in [2.05, 4.69) is 27.5 Å². The van der Waals surface area contributed by atoms with Gasteiger partial charge in [0.2, 0.25) is 5.88 Å².